The zero-order valence-corrected chi connectivity index (χ0v) is 12.9. The molecule has 0 aliphatic carbocycles. The van der Waals surface area contributed by atoms with Crippen LogP contribution in [0.2, 0.25) is 0 Å². The predicted octanol–water partition coefficient (Wildman–Crippen LogP) is 2.25. The monoisotopic (exact) mass is 273 g/mol. The largest absolute Gasteiger partial charge is 0.373 e. The van der Waals surface area contributed by atoms with Crippen LogP contribution in [0.4, 0.5) is 5.69 Å². The van der Waals surface area contributed by atoms with E-state index in [1.54, 1.807) is 0 Å². The number of nitrogens with zero attached hydrogens (tertiary/aromatic N) is 2. The van der Waals surface area contributed by atoms with Crippen molar-refractivity contribution in [2.45, 2.75) is 38.8 Å². The molecule has 1 unspecified atom stereocenters. The highest BCUT2D eigenvalue weighted by Crippen LogP contribution is 2.27. The molecule has 3 nitrogen and oxygen atoms in total. The molecular formula is C17H27N3. The number of likely N-dealkylation sites (N-methyl/N-ethyl adjacent to an activating group) is 2. The maximum Gasteiger partial charge on any atom is 0.0412 e. The number of hydrogen-bond donors (Lipinski definition) is 1. The smallest absolute Gasteiger partial charge is 0.0412 e. The fourth-order valence-electron chi connectivity index (χ4n) is 3.79. The average Bonchev–Trinajstić information content (AvgIpc) is 2.93. The topological polar surface area (TPSA) is 18.5 Å². The summed E-state index contributed by atoms with van der Waals surface area (Å²) in [6.07, 6.45) is 3.88. The van der Waals surface area contributed by atoms with Gasteiger partial charge in [-0.05, 0) is 56.1 Å². The van der Waals surface area contributed by atoms with Gasteiger partial charge in [0.2, 0.25) is 0 Å². The standard InChI is InChI=1S/C17H27N3/c1-3-20-11-5-7-15(20)13-19(2)17-8-4-6-14-9-10-18-12-16(14)17/h4,6,8,15,18H,3,5,7,9-13H2,1-2H3. The first kappa shape index (κ1) is 13.9. The third-order valence-corrected chi connectivity index (χ3v) is 4.92. The molecule has 1 atom stereocenters. The average molecular weight is 273 g/mol. The van der Waals surface area contributed by atoms with E-state index in [2.05, 4.69) is 47.3 Å². The fraction of sp³-hybridized carbons (Fsp3) is 0.647. The van der Waals surface area contributed by atoms with E-state index in [0.29, 0.717) is 0 Å². The highest BCUT2D eigenvalue weighted by Gasteiger charge is 2.25. The first-order valence-electron chi connectivity index (χ1n) is 8.06. The van der Waals surface area contributed by atoms with E-state index in [9.17, 15) is 0 Å². The van der Waals surface area contributed by atoms with Crippen molar-refractivity contribution >= 4 is 5.69 Å². The third-order valence-electron chi connectivity index (χ3n) is 4.92. The Balaban J connectivity index is 1.75. The molecule has 1 saturated heterocycles. The molecule has 0 amide bonds. The summed E-state index contributed by atoms with van der Waals surface area (Å²) in [5.41, 5.74) is 4.48. The molecule has 0 bridgehead atoms. The summed E-state index contributed by atoms with van der Waals surface area (Å²) in [4.78, 5) is 5.11. The van der Waals surface area contributed by atoms with Crippen LogP contribution in [0.15, 0.2) is 18.2 Å². The second-order valence-corrected chi connectivity index (χ2v) is 6.15. The van der Waals surface area contributed by atoms with Crippen LogP contribution in [0, 0.1) is 0 Å². The summed E-state index contributed by atoms with van der Waals surface area (Å²) in [6, 6.07) is 7.54. The highest BCUT2D eigenvalue weighted by atomic mass is 15.2. The Hall–Kier alpha value is -1.06. The Morgan fingerprint density at radius 2 is 2.30 bits per heavy atom. The second kappa shape index (κ2) is 6.15. The third kappa shape index (κ3) is 2.70. The van der Waals surface area contributed by atoms with Crippen molar-refractivity contribution < 1.29 is 0 Å². The number of anilines is 1. The molecule has 2 aliphatic heterocycles. The molecule has 1 aromatic rings. The minimum atomic E-state index is 0.734. The molecule has 20 heavy (non-hydrogen) atoms. The summed E-state index contributed by atoms with van der Waals surface area (Å²) in [7, 11) is 2.26. The number of nitrogens with one attached hydrogen (secondary N) is 1. The number of benzene rings is 1. The lowest BCUT2D eigenvalue weighted by Gasteiger charge is -2.31. The maximum absolute atomic E-state index is 3.51. The van der Waals surface area contributed by atoms with Gasteiger partial charge in [0.1, 0.15) is 0 Å². The van der Waals surface area contributed by atoms with Crippen LogP contribution < -0.4 is 10.2 Å². The van der Waals surface area contributed by atoms with Crippen molar-refractivity contribution in [3.05, 3.63) is 29.3 Å². The SMILES string of the molecule is CCN1CCCC1CN(C)c1cccc2c1CNCC2. The summed E-state index contributed by atoms with van der Waals surface area (Å²) in [6.45, 7) is 8.05. The Labute approximate surface area is 123 Å². The minimum absolute atomic E-state index is 0.734. The van der Waals surface area contributed by atoms with Crippen LogP contribution in [0.25, 0.3) is 0 Å². The Morgan fingerprint density at radius 1 is 1.40 bits per heavy atom. The maximum atomic E-state index is 3.51. The van der Waals surface area contributed by atoms with Gasteiger partial charge in [0.05, 0.1) is 0 Å². The zero-order valence-electron chi connectivity index (χ0n) is 12.9. The van der Waals surface area contributed by atoms with Gasteiger partial charge in [-0.15, -0.1) is 0 Å². The van der Waals surface area contributed by atoms with Crippen molar-refractivity contribution in [3.63, 3.8) is 0 Å². The molecule has 1 aromatic carbocycles. The van der Waals surface area contributed by atoms with Crippen LogP contribution in [0.3, 0.4) is 0 Å². The van der Waals surface area contributed by atoms with E-state index in [0.717, 1.165) is 25.7 Å². The number of fused-ring (bicyclic) bond motifs is 1. The molecule has 0 saturated carbocycles. The zero-order chi connectivity index (χ0) is 13.9. The molecule has 110 valence electrons. The van der Waals surface area contributed by atoms with Gasteiger partial charge < -0.3 is 10.2 Å². The van der Waals surface area contributed by atoms with E-state index in [4.69, 9.17) is 0 Å². The van der Waals surface area contributed by atoms with Gasteiger partial charge >= 0.3 is 0 Å². The summed E-state index contributed by atoms with van der Waals surface area (Å²) in [5, 5.41) is 3.51. The molecule has 3 rings (SSSR count). The molecule has 1 fully saturated rings. The van der Waals surface area contributed by atoms with Crippen molar-refractivity contribution in [2.75, 3.05) is 38.1 Å². The van der Waals surface area contributed by atoms with Gasteiger partial charge in [-0.3, -0.25) is 4.90 Å². The first-order valence-corrected chi connectivity index (χ1v) is 8.06. The summed E-state index contributed by atoms with van der Waals surface area (Å²) < 4.78 is 0. The van der Waals surface area contributed by atoms with Gasteiger partial charge in [-0.25, -0.2) is 0 Å². The van der Waals surface area contributed by atoms with Gasteiger partial charge in [0.25, 0.3) is 0 Å². The molecule has 2 aliphatic rings. The van der Waals surface area contributed by atoms with E-state index < -0.39 is 0 Å². The van der Waals surface area contributed by atoms with Crippen LogP contribution >= 0.6 is 0 Å². The van der Waals surface area contributed by atoms with E-state index in [1.165, 1.54) is 49.2 Å². The van der Waals surface area contributed by atoms with E-state index in [1.807, 2.05) is 0 Å². The molecule has 2 heterocycles. The van der Waals surface area contributed by atoms with Gasteiger partial charge in [-0.2, -0.15) is 0 Å². The van der Waals surface area contributed by atoms with Crippen LogP contribution in [0.1, 0.15) is 30.9 Å². The summed E-state index contributed by atoms with van der Waals surface area (Å²) in [5.74, 6) is 0. The molecule has 0 radical (unpaired) electrons. The number of rotatable bonds is 4. The van der Waals surface area contributed by atoms with E-state index in [-0.39, 0.29) is 0 Å². The first-order chi connectivity index (χ1) is 9.79. The Bertz CT molecular complexity index is 458. The lowest BCUT2D eigenvalue weighted by atomic mass is 9.98. The lowest BCUT2D eigenvalue weighted by Crippen LogP contribution is -2.39. The summed E-state index contributed by atoms with van der Waals surface area (Å²) >= 11 is 0. The number of likely N-dealkylation sites (tertiary alicyclic amines) is 1. The highest BCUT2D eigenvalue weighted by molar-refractivity contribution is 5.57. The van der Waals surface area contributed by atoms with Crippen LogP contribution in [-0.2, 0) is 13.0 Å². The van der Waals surface area contributed by atoms with Crippen molar-refractivity contribution in [2.24, 2.45) is 0 Å². The van der Waals surface area contributed by atoms with E-state index >= 15 is 0 Å². The quantitative estimate of drug-likeness (QED) is 0.908. The lowest BCUT2D eigenvalue weighted by molar-refractivity contribution is 0.270. The van der Waals surface area contributed by atoms with Crippen LogP contribution in [0.5, 0.6) is 0 Å². The molecule has 0 aromatic heterocycles. The minimum Gasteiger partial charge on any atom is -0.373 e. The van der Waals surface area contributed by atoms with Gasteiger partial charge in [0.15, 0.2) is 0 Å². The molecule has 3 heteroatoms. The number of hydrogen-bond acceptors (Lipinski definition) is 3. The Kier molecular flexibility index (Phi) is 4.27. The normalized spacial score (nSPS) is 22.8. The van der Waals surface area contributed by atoms with Crippen LogP contribution in [-0.4, -0.2) is 44.2 Å². The second-order valence-electron chi connectivity index (χ2n) is 6.15. The van der Waals surface area contributed by atoms with Gasteiger partial charge in [-0.1, -0.05) is 19.1 Å². The van der Waals surface area contributed by atoms with Crippen molar-refractivity contribution in [3.8, 4) is 0 Å². The Morgan fingerprint density at radius 3 is 3.15 bits per heavy atom. The predicted molar refractivity (Wildman–Crippen MR) is 85.4 cm³/mol. The molecule has 0 spiro atoms. The van der Waals surface area contributed by atoms with Crippen molar-refractivity contribution in [1.82, 2.24) is 10.2 Å². The fourth-order valence-corrected chi connectivity index (χ4v) is 3.79. The van der Waals surface area contributed by atoms with Gasteiger partial charge in [0, 0.05) is 31.9 Å². The molecule has 1 N–H and O–H groups in total. The van der Waals surface area contributed by atoms with Crippen molar-refractivity contribution in [1.29, 1.82) is 0 Å². The molecular weight excluding hydrogens is 246 g/mol.